The summed E-state index contributed by atoms with van der Waals surface area (Å²) in [5.41, 5.74) is 0. The summed E-state index contributed by atoms with van der Waals surface area (Å²) in [5.74, 6) is 0.740. The van der Waals surface area contributed by atoms with Gasteiger partial charge in [0.2, 0.25) is 5.91 Å². The number of rotatable bonds is 4. The maximum Gasteiger partial charge on any atom is 0.225 e. The number of imidazole rings is 1. The van der Waals surface area contributed by atoms with Crippen molar-refractivity contribution in [2.45, 2.75) is 32.2 Å². The highest BCUT2D eigenvalue weighted by atomic mass is 16.2. The molecule has 0 atom stereocenters. The molecular weight excluding hydrogens is 252 g/mol. The van der Waals surface area contributed by atoms with E-state index in [0.29, 0.717) is 11.8 Å². The van der Waals surface area contributed by atoms with Crippen molar-refractivity contribution in [2.75, 3.05) is 32.7 Å². The first-order chi connectivity index (χ1) is 9.83. The molecule has 0 bridgehead atoms. The SMILES string of the molecule is O=C(C1CCCC1)N1CCN(CCn2ccnc2)CC1. The van der Waals surface area contributed by atoms with E-state index >= 15 is 0 Å². The first kappa shape index (κ1) is 13.6. The minimum atomic E-state index is 0.326. The molecule has 2 aliphatic rings. The average Bonchev–Trinajstić information content (AvgIpc) is 3.18. The van der Waals surface area contributed by atoms with E-state index in [0.717, 1.165) is 52.1 Å². The molecule has 0 N–H and O–H groups in total. The van der Waals surface area contributed by atoms with Gasteiger partial charge >= 0.3 is 0 Å². The number of carbonyl (C=O) groups excluding carboxylic acids is 1. The van der Waals surface area contributed by atoms with Gasteiger partial charge in [0.1, 0.15) is 0 Å². The van der Waals surface area contributed by atoms with Gasteiger partial charge in [0.25, 0.3) is 0 Å². The molecule has 1 aromatic rings. The van der Waals surface area contributed by atoms with Crippen molar-refractivity contribution < 1.29 is 4.79 Å². The Hall–Kier alpha value is -1.36. The van der Waals surface area contributed by atoms with Gasteiger partial charge in [-0.25, -0.2) is 4.98 Å². The molecule has 1 saturated carbocycles. The van der Waals surface area contributed by atoms with Crippen LogP contribution in [0.5, 0.6) is 0 Å². The first-order valence-electron chi connectivity index (χ1n) is 7.80. The van der Waals surface area contributed by atoms with Gasteiger partial charge in [-0.05, 0) is 12.8 Å². The molecule has 0 radical (unpaired) electrons. The second-order valence-corrected chi connectivity index (χ2v) is 5.95. The Morgan fingerprint density at radius 1 is 1.10 bits per heavy atom. The van der Waals surface area contributed by atoms with E-state index in [1.807, 2.05) is 18.7 Å². The van der Waals surface area contributed by atoms with Crippen LogP contribution in [-0.4, -0.2) is 58.0 Å². The van der Waals surface area contributed by atoms with E-state index in [2.05, 4.69) is 19.4 Å². The summed E-state index contributed by atoms with van der Waals surface area (Å²) in [5, 5.41) is 0. The molecule has 1 aliphatic carbocycles. The lowest BCUT2D eigenvalue weighted by Crippen LogP contribution is -2.50. The number of carbonyl (C=O) groups is 1. The van der Waals surface area contributed by atoms with Gasteiger partial charge in [-0.15, -0.1) is 0 Å². The van der Waals surface area contributed by atoms with Crippen molar-refractivity contribution >= 4 is 5.91 Å². The Labute approximate surface area is 120 Å². The fourth-order valence-electron chi connectivity index (χ4n) is 3.30. The second-order valence-electron chi connectivity index (χ2n) is 5.95. The van der Waals surface area contributed by atoms with Crippen LogP contribution < -0.4 is 0 Å². The number of piperazine rings is 1. The molecule has 20 heavy (non-hydrogen) atoms. The normalized spacial score (nSPS) is 21.5. The zero-order valence-corrected chi connectivity index (χ0v) is 12.1. The molecule has 2 heterocycles. The highest BCUT2D eigenvalue weighted by Gasteiger charge is 2.29. The van der Waals surface area contributed by atoms with Crippen molar-refractivity contribution in [3.8, 4) is 0 Å². The van der Waals surface area contributed by atoms with Crippen LogP contribution in [0.15, 0.2) is 18.7 Å². The Bertz CT molecular complexity index is 417. The average molecular weight is 276 g/mol. The van der Waals surface area contributed by atoms with E-state index in [-0.39, 0.29) is 0 Å². The third-order valence-electron chi connectivity index (χ3n) is 4.62. The highest BCUT2D eigenvalue weighted by Crippen LogP contribution is 2.26. The molecule has 5 heteroatoms. The lowest BCUT2D eigenvalue weighted by Gasteiger charge is -2.36. The van der Waals surface area contributed by atoms with Crippen molar-refractivity contribution in [1.29, 1.82) is 0 Å². The lowest BCUT2D eigenvalue weighted by atomic mass is 10.1. The van der Waals surface area contributed by atoms with Gasteiger partial charge in [0.05, 0.1) is 6.33 Å². The summed E-state index contributed by atoms with van der Waals surface area (Å²) in [7, 11) is 0. The number of aromatic nitrogens is 2. The van der Waals surface area contributed by atoms with Crippen LogP contribution in [0.2, 0.25) is 0 Å². The lowest BCUT2D eigenvalue weighted by molar-refractivity contribution is -0.137. The topological polar surface area (TPSA) is 41.4 Å². The fourth-order valence-corrected chi connectivity index (χ4v) is 3.30. The molecule has 5 nitrogen and oxygen atoms in total. The quantitative estimate of drug-likeness (QED) is 0.830. The van der Waals surface area contributed by atoms with Gasteiger partial charge in [-0.2, -0.15) is 0 Å². The van der Waals surface area contributed by atoms with E-state index in [1.54, 1.807) is 0 Å². The predicted octanol–water partition coefficient (Wildman–Crippen LogP) is 1.22. The molecule has 1 amide bonds. The van der Waals surface area contributed by atoms with E-state index in [1.165, 1.54) is 12.8 Å². The molecule has 1 aliphatic heterocycles. The molecule has 110 valence electrons. The zero-order valence-electron chi connectivity index (χ0n) is 12.1. The molecule has 1 saturated heterocycles. The maximum absolute atomic E-state index is 12.3. The van der Waals surface area contributed by atoms with E-state index in [4.69, 9.17) is 0 Å². The molecule has 0 spiro atoms. The van der Waals surface area contributed by atoms with Crippen molar-refractivity contribution in [2.24, 2.45) is 5.92 Å². The standard InChI is InChI=1S/C15H24N4O/c20-15(14-3-1-2-4-14)19-11-9-17(10-12-19)7-8-18-6-5-16-13-18/h5-6,13-14H,1-4,7-12H2. The van der Waals surface area contributed by atoms with Crippen LogP contribution in [0.25, 0.3) is 0 Å². The van der Waals surface area contributed by atoms with Gasteiger partial charge in [0, 0.05) is 57.6 Å². The molecule has 1 aromatic heterocycles. The van der Waals surface area contributed by atoms with Crippen LogP contribution >= 0.6 is 0 Å². The van der Waals surface area contributed by atoms with Gasteiger partial charge < -0.3 is 9.47 Å². The Morgan fingerprint density at radius 3 is 2.50 bits per heavy atom. The van der Waals surface area contributed by atoms with Crippen LogP contribution in [0.1, 0.15) is 25.7 Å². The molecule has 3 rings (SSSR count). The van der Waals surface area contributed by atoms with Crippen LogP contribution in [0.4, 0.5) is 0 Å². The summed E-state index contributed by atoms with van der Waals surface area (Å²) in [6, 6.07) is 0. The predicted molar refractivity (Wildman–Crippen MR) is 77.2 cm³/mol. The van der Waals surface area contributed by atoms with Crippen LogP contribution in [0, 0.1) is 5.92 Å². The molecule has 0 aromatic carbocycles. The second kappa shape index (κ2) is 6.39. The summed E-state index contributed by atoms with van der Waals surface area (Å²) >= 11 is 0. The monoisotopic (exact) mass is 276 g/mol. The number of hydrogen-bond donors (Lipinski definition) is 0. The van der Waals surface area contributed by atoms with Gasteiger partial charge in [0.15, 0.2) is 0 Å². The van der Waals surface area contributed by atoms with Crippen LogP contribution in [-0.2, 0) is 11.3 Å². The van der Waals surface area contributed by atoms with Crippen molar-refractivity contribution in [3.63, 3.8) is 0 Å². The Kier molecular flexibility index (Phi) is 4.35. The third-order valence-corrected chi connectivity index (χ3v) is 4.62. The van der Waals surface area contributed by atoms with Gasteiger partial charge in [-0.3, -0.25) is 9.69 Å². The largest absolute Gasteiger partial charge is 0.340 e. The minimum absolute atomic E-state index is 0.326. The van der Waals surface area contributed by atoms with E-state index in [9.17, 15) is 4.79 Å². The minimum Gasteiger partial charge on any atom is -0.340 e. The molecule has 2 fully saturated rings. The molecule has 0 unspecified atom stereocenters. The highest BCUT2D eigenvalue weighted by molar-refractivity contribution is 5.79. The fraction of sp³-hybridized carbons (Fsp3) is 0.733. The summed E-state index contributed by atoms with van der Waals surface area (Å²) in [6.07, 6.45) is 10.4. The number of nitrogens with zero attached hydrogens (tertiary/aromatic N) is 4. The number of hydrogen-bond acceptors (Lipinski definition) is 3. The van der Waals surface area contributed by atoms with Gasteiger partial charge in [-0.1, -0.05) is 12.8 Å². The summed E-state index contributed by atoms with van der Waals surface area (Å²) in [6.45, 7) is 5.84. The summed E-state index contributed by atoms with van der Waals surface area (Å²) in [4.78, 5) is 20.9. The maximum atomic E-state index is 12.3. The number of amides is 1. The Morgan fingerprint density at radius 2 is 1.85 bits per heavy atom. The van der Waals surface area contributed by atoms with E-state index < -0.39 is 0 Å². The van der Waals surface area contributed by atoms with Crippen molar-refractivity contribution in [3.05, 3.63) is 18.7 Å². The Balaban J connectivity index is 1.41. The zero-order chi connectivity index (χ0) is 13.8. The van der Waals surface area contributed by atoms with Crippen molar-refractivity contribution in [1.82, 2.24) is 19.4 Å². The smallest absolute Gasteiger partial charge is 0.225 e. The third kappa shape index (κ3) is 3.20. The first-order valence-corrected chi connectivity index (χ1v) is 7.80. The molecular formula is C15H24N4O. The summed E-state index contributed by atoms with van der Waals surface area (Å²) < 4.78 is 2.11. The van der Waals surface area contributed by atoms with Crippen LogP contribution in [0.3, 0.4) is 0 Å².